The van der Waals surface area contributed by atoms with Crippen molar-refractivity contribution in [1.82, 2.24) is 10.2 Å². The van der Waals surface area contributed by atoms with Crippen LogP contribution in [0.2, 0.25) is 0 Å². The lowest BCUT2D eigenvalue weighted by Crippen LogP contribution is -2.47. The third-order valence-electron chi connectivity index (χ3n) is 4.76. The van der Waals surface area contributed by atoms with Crippen LogP contribution in [-0.2, 0) is 16.1 Å². The van der Waals surface area contributed by atoms with Crippen molar-refractivity contribution in [2.24, 2.45) is 0 Å². The highest BCUT2D eigenvalue weighted by molar-refractivity contribution is 5.95. The minimum absolute atomic E-state index is 0.0314. The fraction of sp³-hybridized carbons (Fsp3) is 0.429. The molecule has 0 bridgehead atoms. The van der Waals surface area contributed by atoms with Gasteiger partial charge in [-0.15, -0.1) is 0 Å². The number of likely N-dealkylation sites (tertiary alicyclic amines) is 1. The number of nitrogens with zero attached hydrogens (tertiary/aromatic N) is 1. The number of aryl methyl sites for hydroxylation is 1. The molecule has 1 aromatic heterocycles. The van der Waals surface area contributed by atoms with Gasteiger partial charge < -0.3 is 29.2 Å². The summed E-state index contributed by atoms with van der Waals surface area (Å²) in [7, 11) is 0. The van der Waals surface area contributed by atoms with Crippen molar-refractivity contribution in [1.29, 1.82) is 0 Å². The van der Waals surface area contributed by atoms with E-state index in [0.29, 0.717) is 31.0 Å². The van der Waals surface area contributed by atoms with Gasteiger partial charge in [0.05, 0.1) is 30.6 Å². The van der Waals surface area contributed by atoms with E-state index in [4.69, 9.17) is 23.8 Å². The van der Waals surface area contributed by atoms with Gasteiger partial charge in [-0.1, -0.05) is 17.7 Å². The van der Waals surface area contributed by atoms with Crippen LogP contribution >= 0.6 is 0 Å². The van der Waals surface area contributed by atoms with E-state index in [1.165, 1.54) is 5.56 Å². The molecule has 2 atom stereocenters. The summed E-state index contributed by atoms with van der Waals surface area (Å²) in [5, 5.41) is 10.8. The van der Waals surface area contributed by atoms with Gasteiger partial charge >= 0.3 is 0 Å². The van der Waals surface area contributed by atoms with E-state index in [2.05, 4.69) is 5.32 Å². The van der Waals surface area contributed by atoms with E-state index in [1.54, 1.807) is 12.3 Å². The molecule has 2 saturated heterocycles. The lowest BCUT2D eigenvalue weighted by molar-refractivity contribution is -0.134. The summed E-state index contributed by atoms with van der Waals surface area (Å²) >= 11 is 0. The lowest BCUT2D eigenvalue weighted by Gasteiger charge is -2.25. The Morgan fingerprint density at radius 2 is 1.97 bits per heavy atom. The maximum absolute atomic E-state index is 12.9. The van der Waals surface area contributed by atoms with Crippen LogP contribution < -0.4 is 10.1 Å². The Balaban J connectivity index is 0.000000552. The lowest BCUT2D eigenvalue weighted by atomic mass is 10.2. The summed E-state index contributed by atoms with van der Waals surface area (Å²) in [5.74, 6) is 0.440. The van der Waals surface area contributed by atoms with Crippen molar-refractivity contribution in [3.05, 3.63) is 53.5 Å². The number of carboxylic acid groups (broad SMARTS) is 1. The predicted molar refractivity (Wildman–Crippen MR) is 105 cm³/mol. The standard InChI is InChI=1S/C19H22N2O4.C2H4O2/c1-13-2-4-14(5-3-13)25-12-18-15(6-8-23-18)19(22)21-10-16-17(11-21)24-9-7-20-16;1-2(3)4/h2-6,8,16-17,20H,7,9-12H2,1H3;1H3,(H,3,4)/t16-,17-;/m0./s1. The van der Waals surface area contributed by atoms with Crippen LogP contribution in [0.15, 0.2) is 41.0 Å². The molecule has 2 aliphatic rings. The summed E-state index contributed by atoms with van der Waals surface area (Å²) in [6, 6.07) is 9.73. The van der Waals surface area contributed by atoms with Crippen LogP contribution in [0.1, 0.15) is 28.6 Å². The SMILES string of the molecule is CC(=O)O.Cc1ccc(OCc2occc2C(=O)N2C[C@@H]3NCCO[C@H]3C2)cc1. The van der Waals surface area contributed by atoms with Crippen LogP contribution in [-0.4, -0.2) is 60.3 Å². The Labute approximate surface area is 169 Å². The molecule has 0 saturated carbocycles. The Hall–Kier alpha value is -2.84. The fourth-order valence-electron chi connectivity index (χ4n) is 3.36. The number of benzene rings is 1. The summed E-state index contributed by atoms with van der Waals surface area (Å²) in [6.07, 6.45) is 1.62. The third kappa shape index (κ3) is 5.58. The van der Waals surface area contributed by atoms with Crippen LogP contribution in [0.5, 0.6) is 5.75 Å². The molecule has 4 rings (SSSR count). The average Bonchev–Trinajstić information content (AvgIpc) is 3.33. The van der Waals surface area contributed by atoms with Gasteiger partial charge in [-0.05, 0) is 25.1 Å². The molecule has 2 aliphatic heterocycles. The Kier molecular flexibility index (Phi) is 6.90. The summed E-state index contributed by atoms with van der Waals surface area (Å²) in [6.45, 7) is 6.15. The maximum Gasteiger partial charge on any atom is 0.300 e. The molecule has 2 aromatic rings. The van der Waals surface area contributed by atoms with Crippen molar-refractivity contribution < 1.29 is 28.6 Å². The molecule has 8 nitrogen and oxygen atoms in total. The van der Waals surface area contributed by atoms with Gasteiger partial charge in [-0.2, -0.15) is 0 Å². The van der Waals surface area contributed by atoms with Crippen molar-refractivity contribution >= 4 is 11.9 Å². The number of fused-ring (bicyclic) bond motifs is 1. The van der Waals surface area contributed by atoms with Gasteiger partial charge in [-0.3, -0.25) is 9.59 Å². The zero-order valence-electron chi connectivity index (χ0n) is 16.6. The van der Waals surface area contributed by atoms with E-state index in [9.17, 15) is 4.79 Å². The van der Waals surface area contributed by atoms with Crippen molar-refractivity contribution in [2.75, 3.05) is 26.2 Å². The molecule has 0 aliphatic carbocycles. The number of hydrogen-bond donors (Lipinski definition) is 2. The number of hydrogen-bond acceptors (Lipinski definition) is 6. The van der Waals surface area contributed by atoms with Gasteiger partial charge in [0.25, 0.3) is 11.9 Å². The van der Waals surface area contributed by atoms with E-state index < -0.39 is 5.97 Å². The first-order valence-electron chi connectivity index (χ1n) is 9.53. The number of carbonyl (C=O) groups excluding carboxylic acids is 1. The van der Waals surface area contributed by atoms with E-state index >= 15 is 0 Å². The fourth-order valence-corrected chi connectivity index (χ4v) is 3.36. The molecule has 0 radical (unpaired) electrons. The summed E-state index contributed by atoms with van der Waals surface area (Å²) < 4.78 is 17.0. The van der Waals surface area contributed by atoms with Crippen molar-refractivity contribution in [2.45, 2.75) is 32.6 Å². The number of amides is 1. The number of furan rings is 1. The van der Waals surface area contributed by atoms with Gasteiger partial charge in [-0.25, -0.2) is 0 Å². The first-order chi connectivity index (χ1) is 13.9. The smallest absolute Gasteiger partial charge is 0.300 e. The Morgan fingerprint density at radius 1 is 1.24 bits per heavy atom. The molecule has 0 spiro atoms. The molecule has 29 heavy (non-hydrogen) atoms. The number of carbonyl (C=O) groups is 2. The first-order valence-corrected chi connectivity index (χ1v) is 9.53. The molecular formula is C21H26N2O6. The second-order valence-corrected chi connectivity index (χ2v) is 7.06. The van der Waals surface area contributed by atoms with E-state index in [-0.39, 0.29) is 24.7 Å². The van der Waals surface area contributed by atoms with E-state index in [1.807, 2.05) is 36.1 Å². The number of aliphatic carboxylic acids is 1. The molecule has 2 fully saturated rings. The van der Waals surface area contributed by atoms with Gasteiger partial charge in [0.1, 0.15) is 12.4 Å². The van der Waals surface area contributed by atoms with E-state index in [0.717, 1.165) is 19.2 Å². The zero-order valence-corrected chi connectivity index (χ0v) is 16.6. The molecule has 1 aromatic carbocycles. The molecular weight excluding hydrogens is 376 g/mol. The minimum Gasteiger partial charge on any atom is -0.486 e. The second kappa shape index (κ2) is 9.58. The second-order valence-electron chi connectivity index (χ2n) is 7.06. The molecule has 0 unspecified atom stereocenters. The topological polar surface area (TPSA) is 101 Å². The highest BCUT2D eigenvalue weighted by atomic mass is 16.5. The number of ether oxygens (including phenoxy) is 2. The van der Waals surface area contributed by atoms with Crippen LogP contribution in [0.3, 0.4) is 0 Å². The van der Waals surface area contributed by atoms with Crippen LogP contribution in [0.25, 0.3) is 0 Å². The Morgan fingerprint density at radius 3 is 2.66 bits per heavy atom. The molecule has 156 valence electrons. The molecule has 2 N–H and O–H groups in total. The van der Waals surface area contributed by atoms with Crippen LogP contribution in [0.4, 0.5) is 0 Å². The van der Waals surface area contributed by atoms with Crippen molar-refractivity contribution in [3.8, 4) is 5.75 Å². The summed E-state index contributed by atoms with van der Waals surface area (Å²) in [4.78, 5) is 23.7. The zero-order chi connectivity index (χ0) is 20.8. The number of morpholine rings is 1. The number of carboxylic acids is 1. The normalized spacial score (nSPS) is 20.4. The quantitative estimate of drug-likeness (QED) is 0.807. The predicted octanol–water partition coefficient (Wildman–Crippen LogP) is 2.07. The van der Waals surface area contributed by atoms with Gasteiger partial charge in [0.15, 0.2) is 5.76 Å². The number of nitrogens with one attached hydrogen (secondary N) is 1. The van der Waals surface area contributed by atoms with Gasteiger partial charge in [0.2, 0.25) is 0 Å². The highest BCUT2D eigenvalue weighted by Crippen LogP contribution is 2.22. The molecule has 8 heteroatoms. The monoisotopic (exact) mass is 402 g/mol. The third-order valence-corrected chi connectivity index (χ3v) is 4.76. The molecule has 3 heterocycles. The minimum atomic E-state index is -0.833. The first kappa shape index (κ1) is 20.9. The number of rotatable bonds is 4. The van der Waals surface area contributed by atoms with Crippen LogP contribution in [0, 0.1) is 6.92 Å². The van der Waals surface area contributed by atoms with Crippen molar-refractivity contribution in [3.63, 3.8) is 0 Å². The molecule has 1 amide bonds. The summed E-state index contributed by atoms with van der Waals surface area (Å²) in [5.41, 5.74) is 1.73. The maximum atomic E-state index is 12.9. The Bertz CT molecular complexity index is 814. The largest absolute Gasteiger partial charge is 0.486 e. The average molecular weight is 402 g/mol. The highest BCUT2D eigenvalue weighted by Gasteiger charge is 2.38. The van der Waals surface area contributed by atoms with Gasteiger partial charge in [0, 0.05) is 26.6 Å².